The molecule has 0 spiro atoms. The summed E-state index contributed by atoms with van der Waals surface area (Å²) in [7, 11) is 0. The van der Waals surface area contributed by atoms with Crippen LogP contribution in [0.4, 0.5) is 9.18 Å². The van der Waals surface area contributed by atoms with Crippen molar-refractivity contribution in [2.75, 3.05) is 6.54 Å². The number of nitrogens with zero attached hydrogens (tertiary/aromatic N) is 1. The summed E-state index contributed by atoms with van der Waals surface area (Å²) in [6.45, 7) is 7.64. The lowest BCUT2D eigenvalue weighted by Crippen LogP contribution is -2.42. The Bertz CT molecular complexity index is 553. The van der Waals surface area contributed by atoms with Gasteiger partial charge in [0, 0.05) is 6.54 Å². The van der Waals surface area contributed by atoms with Gasteiger partial charge in [0.15, 0.2) is 0 Å². The van der Waals surface area contributed by atoms with Crippen molar-refractivity contribution in [1.29, 1.82) is 0 Å². The van der Waals surface area contributed by atoms with E-state index in [4.69, 9.17) is 4.74 Å². The van der Waals surface area contributed by atoms with E-state index in [-0.39, 0.29) is 11.9 Å². The summed E-state index contributed by atoms with van der Waals surface area (Å²) in [6, 6.07) is 4.30. The first-order valence-electron chi connectivity index (χ1n) is 7.63. The highest BCUT2D eigenvalue weighted by molar-refractivity contribution is 5.69. The summed E-state index contributed by atoms with van der Waals surface area (Å²) >= 11 is 0. The van der Waals surface area contributed by atoms with Gasteiger partial charge in [-0.1, -0.05) is 12.1 Å². The van der Waals surface area contributed by atoms with Gasteiger partial charge in [0.1, 0.15) is 11.4 Å². The van der Waals surface area contributed by atoms with Gasteiger partial charge in [-0.05, 0) is 57.7 Å². The molecule has 1 aliphatic rings. The van der Waals surface area contributed by atoms with Crippen molar-refractivity contribution in [1.82, 2.24) is 4.90 Å². The average Bonchev–Trinajstić information content (AvgIpc) is 2.88. The third kappa shape index (κ3) is 3.77. The Morgan fingerprint density at radius 1 is 1.45 bits per heavy atom. The molecule has 1 fully saturated rings. The second-order valence-corrected chi connectivity index (χ2v) is 6.84. The molecule has 1 aromatic rings. The summed E-state index contributed by atoms with van der Waals surface area (Å²) in [5.41, 5.74) is 0.445. The fourth-order valence-corrected chi connectivity index (χ4v) is 2.68. The summed E-state index contributed by atoms with van der Waals surface area (Å²) in [5.74, 6) is -0.349. The van der Waals surface area contributed by atoms with Crippen LogP contribution in [0.3, 0.4) is 0 Å². The van der Waals surface area contributed by atoms with Crippen LogP contribution < -0.4 is 0 Å². The Hall–Kier alpha value is -1.62. The number of hydrogen-bond acceptors (Lipinski definition) is 3. The molecular formula is C17H24FNO3. The van der Waals surface area contributed by atoms with Crippen LogP contribution in [0.5, 0.6) is 0 Å². The Morgan fingerprint density at radius 2 is 2.14 bits per heavy atom. The molecule has 1 saturated heterocycles. The van der Waals surface area contributed by atoms with Crippen LogP contribution >= 0.6 is 0 Å². The first-order valence-corrected chi connectivity index (χ1v) is 7.63. The molecular weight excluding hydrogens is 285 g/mol. The Labute approximate surface area is 130 Å². The molecule has 1 N–H and O–H groups in total. The normalized spacial score (nSPS) is 20.1. The summed E-state index contributed by atoms with van der Waals surface area (Å²) < 4.78 is 19.1. The third-order valence-corrected chi connectivity index (χ3v) is 3.83. The Kier molecular flexibility index (Phi) is 4.75. The zero-order valence-corrected chi connectivity index (χ0v) is 13.6. The highest BCUT2D eigenvalue weighted by atomic mass is 19.1. The van der Waals surface area contributed by atoms with Gasteiger partial charge in [0.05, 0.1) is 12.1 Å². The van der Waals surface area contributed by atoms with Crippen LogP contribution in [0.25, 0.3) is 0 Å². The first kappa shape index (κ1) is 16.7. The lowest BCUT2D eigenvalue weighted by atomic mass is 9.99. The maximum atomic E-state index is 13.7. The van der Waals surface area contributed by atoms with Gasteiger partial charge in [-0.2, -0.15) is 0 Å². The second kappa shape index (κ2) is 6.24. The average molecular weight is 309 g/mol. The maximum absolute atomic E-state index is 13.7. The number of aryl methyl sites for hydroxylation is 1. The van der Waals surface area contributed by atoms with E-state index in [1.807, 2.05) is 20.8 Å². The Morgan fingerprint density at radius 3 is 2.73 bits per heavy atom. The van der Waals surface area contributed by atoms with E-state index < -0.39 is 17.8 Å². The van der Waals surface area contributed by atoms with Crippen LogP contribution in [0.15, 0.2) is 18.2 Å². The van der Waals surface area contributed by atoms with Crippen molar-refractivity contribution >= 4 is 6.09 Å². The van der Waals surface area contributed by atoms with Gasteiger partial charge in [-0.15, -0.1) is 0 Å². The number of hydrogen-bond donors (Lipinski definition) is 1. The number of amides is 1. The van der Waals surface area contributed by atoms with Gasteiger partial charge >= 0.3 is 6.09 Å². The molecule has 22 heavy (non-hydrogen) atoms. The molecule has 2 atom stereocenters. The van der Waals surface area contributed by atoms with Crippen molar-refractivity contribution in [2.45, 2.75) is 58.3 Å². The highest BCUT2D eigenvalue weighted by Gasteiger charge is 2.37. The lowest BCUT2D eigenvalue weighted by Gasteiger charge is -2.31. The van der Waals surface area contributed by atoms with Gasteiger partial charge in [-0.3, -0.25) is 0 Å². The van der Waals surface area contributed by atoms with E-state index in [9.17, 15) is 14.3 Å². The molecule has 1 aromatic carbocycles. The number of carbonyl (C=O) groups excluding carboxylic acids is 1. The predicted octanol–water partition coefficient (Wildman–Crippen LogP) is 3.57. The van der Waals surface area contributed by atoms with Crippen molar-refractivity contribution in [2.24, 2.45) is 0 Å². The molecule has 0 saturated carbocycles. The predicted molar refractivity (Wildman–Crippen MR) is 82.1 cm³/mol. The number of ether oxygens (including phenoxy) is 1. The lowest BCUT2D eigenvalue weighted by molar-refractivity contribution is 0.00487. The molecule has 0 aliphatic carbocycles. The molecule has 122 valence electrons. The number of aliphatic hydroxyl groups is 1. The zero-order chi connectivity index (χ0) is 16.5. The monoisotopic (exact) mass is 309 g/mol. The van der Waals surface area contributed by atoms with E-state index in [1.54, 1.807) is 24.0 Å². The fourth-order valence-electron chi connectivity index (χ4n) is 2.68. The summed E-state index contributed by atoms with van der Waals surface area (Å²) in [5, 5.41) is 10.5. The molecule has 0 bridgehead atoms. The molecule has 0 aromatic heterocycles. The summed E-state index contributed by atoms with van der Waals surface area (Å²) in [4.78, 5) is 13.8. The number of likely N-dealkylation sites (tertiary alicyclic amines) is 1. The van der Waals surface area contributed by atoms with E-state index >= 15 is 0 Å². The van der Waals surface area contributed by atoms with E-state index in [1.165, 1.54) is 6.07 Å². The van der Waals surface area contributed by atoms with Gasteiger partial charge < -0.3 is 14.7 Å². The largest absolute Gasteiger partial charge is 0.444 e. The highest BCUT2D eigenvalue weighted by Crippen LogP contribution is 2.31. The van der Waals surface area contributed by atoms with Crippen molar-refractivity contribution < 1.29 is 19.0 Å². The van der Waals surface area contributed by atoms with Crippen LogP contribution in [-0.2, 0) is 4.74 Å². The van der Waals surface area contributed by atoms with Crippen molar-refractivity contribution in [3.8, 4) is 0 Å². The second-order valence-electron chi connectivity index (χ2n) is 6.84. The van der Waals surface area contributed by atoms with Crippen LogP contribution in [0.2, 0.25) is 0 Å². The minimum absolute atomic E-state index is 0.349. The number of rotatable bonds is 2. The van der Waals surface area contributed by atoms with Crippen molar-refractivity contribution in [3.63, 3.8) is 0 Å². The minimum atomic E-state index is -0.912. The third-order valence-electron chi connectivity index (χ3n) is 3.83. The number of halogens is 1. The van der Waals surface area contributed by atoms with Crippen LogP contribution in [0.1, 0.15) is 50.8 Å². The van der Waals surface area contributed by atoms with E-state index in [2.05, 4.69) is 0 Å². The SMILES string of the molecule is Cc1ccc(C(O)[C@@H]2CCCN2C(=O)OC(C)(C)C)cc1F. The maximum Gasteiger partial charge on any atom is 0.410 e. The van der Waals surface area contributed by atoms with E-state index in [0.29, 0.717) is 24.1 Å². The van der Waals surface area contributed by atoms with Gasteiger partial charge in [0.25, 0.3) is 0 Å². The molecule has 1 unspecified atom stereocenters. The van der Waals surface area contributed by atoms with E-state index in [0.717, 1.165) is 6.42 Å². The molecule has 4 nitrogen and oxygen atoms in total. The van der Waals surface area contributed by atoms with Crippen LogP contribution in [-0.4, -0.2) is 34.3 Å². The van der Waals surface area contributed by atoms with Gasteiger partial charge in [0.2, 0.25) is 0 Å². The van der Waals surface area contributed by atoms with Crippen LogP contribution in [0, 0.1) is 12.7 Å². The number of carbonyl (C=O) groups is 1. The van der Waals surface area contributed by atoms with Gasteiger partial charge in [-0.25, -0.2) is 9.18 Å². The number of aliphatic hydroxyl groups excluding tert-OH is 1. The standard InChI is InChI=1S/C17H24FNO3/c1-11-7-8-12(10-13(11)18)15(20)14-6-5-9-19(14)16(21)22-17(2,3)4/h7-8,10,14-15,20H,5-6,9H2,1-4H3/t14-,15?/m0/s1. The molecule has 0 radical (unpaired) electrons. The first-order chi connectivity index (χ1) is 10.2. The number of benzene rings is 1. The molecule has 1 amide bonds. The Balaban J connectivity index is 2.15. The molecule has 1 heterocycles. The zero-order valence-electron chi connectivity index (χ0n) is 13.6. The molecule has 1 aliphatic heterocycles. The summed E-state index contributed by atoms with van der Waals surface area (Å²) in [6.07, 6.45) is 0.136. The fraction of sp³-hybridized carbons (Fsp3) is 0.588. The molecule has 2 rings (SSSR count). The quantitative estimate of drug-likeness (QED) is 0.908. The minimum Gasteiger partial charge on any atom is -0.444 e. The molecule has 5 heteroatoms. The smallest absolute Gasteiger partial charge is 0.410 e. The van der Waals surface area contributed by atoms with Crippen molar-refractivity contribution in [3.05, 3.63) is 35.1 Å². The topological polar surface area (TPSA) is 49.8 Å².